The van der Waals surface area contributed by atoms with Crippen molar-refractivity contribution in [3.63, 3.8) is 0 Å². The van der Waals surface area contributed by atoms with Crippen LogP contribution in [-0.4, -0.2) is 28.6 Å². The lowest BCUT2D eigenvalue weighted by Gasteiger charge is -2.08. The summed E-state index contributed by atoms with van der Waals surface area (Å²) in [5.41, 5.74) is 4.86. The molecule has 30 heavy (non-hydrogen) atoms. The van der Waals surface area contributed by atoms with Gasteiger partial charge in [0.25, 0.3) is 0 Å². The van der Waals surface area contributed by atoms with Crippen LogP contribution < -0.4 is 5.32 Å². The van der Waals surface area contributed by atoms with Crippen LogP contribution in [0.25, 0.3) is 0 Å². The molecule has 0 aliphatic carbocycles. The number of carbonyl (C=O) groups is 2. The Kier molecular flexibility index (Phi) is 6.84. The minimum Gasteiger partial charge on any atom is -0.387 e. The molecule has 1 N–H and O–H groups in total. The Balaban J connectivity index is 1.62. The average Bonchev–Trinajstić information content (AvgIpc) is 3.31. The number of anilines is 1. The second-order valence-electron chi connectivity index (χ2n) is 7.08. The van der Waals surface area contributed by atoms with Crippen molar-refractivity contribution in [2.45, 2.75) is 34.2 Å². The molecule has 0 saturated heterocycles. The number of thiophene rings is 1. The molecule has 1 amide bonds. The van der Waals surface area contributed by atoms with Gasteiger partial charge in [-0.15, -0.1) is 11.3 Å². The van der Waals surface area contributed by atoms with E-state index >= 15 is 0 Å². The summed E-state index contributed by atoms with van der Waals surface area (Å²) in [4.78, 5) is 30.3. The fourth-order valence-corrected chi connectivity index (χ4v) is 3.89. The van der Waals surface area contributed by atoms with E-state index in [4.69, 9.17) is 4.84 Å². The number of benzene rings is 1. The highest BCUT2D eigenvalue weighted by atomic mass is 32.1. The molecule has 3 aromatic rings. The maximum Gasteiger partial charge on any atom is 0.221 e. The Bertz CT molecular complexity index is 1060. The number of carbonyl (C=O) groups excluding carboxylic acids is 2. The molecule has 0 atom stereocenters. The SMILES string of the molecule is CC(=O)Nc1ccc(/C(C)=N/OCC(=O)c2cc(C)n(Cc3cccs3)c2C)cc1. The van der Waals surface area contributed by atoms with E-state index in [1.165, 1.54) is 11.8 Å². The molecule has 0 spiro atoms. The molecule has 2 heterocycles. The first-order chi connectivity index (χ1) is 14.3. The van der Waals surface area contributed by atoms with Gasteiger partial charge in [-0.1, -0.05) is 23.4 Å². The third kappa shape index (κ3) is 5.24. The lowest BCUT2D eigenvalue weighted by atomic mass is 10.1. The van der Waals surface area contributed by atoms with Crippen molar-refractivity contribution in [2.75, 3.05) is 11.9 Å². The molecule has 0 fully saturated rings. The van der Waals surface area contributed by atoms with Crippen molar-refractivity contribution in [1.82, 2.24) is 4.57 Å². The first kappa shape index (κ1) is 21.5. The average molecular weight is 424 g/mol. The summed E-state index contributed by atoms with van der Waals surface area (Å²) in [5, 5.41) is 8.84. The van der Waals surface area contributed by atoms with Gasteiger partial charge in [0.1, 0.15) is 0 Å². The normalized spacial score (nSPS) is 11.4. The number of oxime groups is 1. The molecule has 2 aromatic heterocycles. The van der Waals surface area contributed by atoms with Crippen molar-refractivity contribution in [3.8, 4) is 0 Å². The predicted octanol–water partition coefficient (Wildman–Crippen LogP) is 4.80. The van der Waals surface area contributed by atoms with Gasteiger partial charge in [-0.25, -0.2) is 0 Å². The van der Waals surface area contributed by atoms with Crippen LogP contribution >= 0.6 is 11.3 Å². The van der Waals surface area contributed by atoms with Gasteiger partial charge in [-0.3, -0.25) is 9.59 Å². The van der Waals surface area contributed by atoms with Gasteiger partial charge in [-0.2, -0.15) is 0 Å². The number of ketones is 1. The first-order valence-electron chi connectivity index (χ1n) is 9.62. The molecular formula is C23H25N3O3S. The quantitative estimate of drug-likeness (QED) is 0.321. The van der Waals surface area contributed by atoms with Crippen molar-refractivity contribution in [3.05, 3.63) is 75.2 Å². The number of hydrogen-bond acceptors (Lipinski definition) is 5. The molecule has 0 aliphatic rings. The highest BCUT2D eigenvalue weighted by molar-refractivity contribution is 7.09. The number of amides is 1. The standard InChI is InChI=1S/C23H25N3O3S/c1-15-12-22(17(3)26(15)13-21-6-5-11-30-21)23(28)14-29-25-16(2)19-7-9-20(10-8-19)24-18(4)27/h5-12H,13-14H2,1-4H3,(H,24,27)/b25-16+. The Morgan fingerprint density at radius 1 is 1.13 bits per heavy atom. The monoisotopic (exact) mass is 423 g/mol. The van der Waals surface area contributed by atoms with Crippen molar-refractivity contribution < 1.29 is 14.4 Å². The number of aryl methyl sites for hydroxylation is 1. The Morgan fingerprint density at radius 2 is 1.87 bits per heavy atom. The number of nitrogens with one attached hydrogen (secondary N) is 1. The van der Waals surface area contributed by atoms with Gasteiger partial charge in [-0.05, 0) is 56.0 Å². The molecule has 0 saturated carbocycles. The smallest absolute Gasteiger partial charge is 0.221 e. The van der Waals surface area contributed by atoms with Crippen molar-refractivity contribution in [1.29, 1.82) is 0 Å². The van der Waals surface area contributed by atoms with E-state index in [9.17, 15) is 9.59 Å². The number of rotatable bonds is 8. The summed E-state index contributed by atoms with van der Waals surface area (Å²) in [6.07, 6.45) is 0. The van der Waals surface area contributed by atoms with E-state index < -0.39 is 0 Å². The fraction of sp³-hybridized carbons (Fsp3) is 0.261. The summed E-state index contributed by atoms with van der Waals surface area (Å²) < 4.78 is 2.14. The number of hydrogen-bond donors (Lipinski definition) is 1. The van der Waals surface area contributed by atoms with Gasteiger partial charge in [0.05, 0.1) is 12.3 Å². The number of nitrogens with zero attached hydrogens (tertiary/aromatic N) is 2. The van der Waals surface area contributed by atoms with Crippen LogP contribution in [0.15, 0.2) is 53.0 Å². The van der Waals surface area contributed by atoms with E-state index in [1.807, 2.05) is 45.0 Å². The van der Waals surface area contributed by atoms with Crippen LogP contribution in [0.3, 0.4) is 0 Å². The zero-order chi connectivity index (χ0) is 21.7. The molecule has 1 aromatic carbocycles. The summed E-state index contributed by atoms with van der Waals surface area (Å²) in [6, 6.07) is 13.3. The maximum atomic E-state index is 12.7. The number of Topliss-reactive ketones (excluding diaryl/α,β-unsaturated/α-hetero) is 1. The van der Waals surface area contributed by atoms with Gasteiger partial charge in [0.15, 0.2) is 6.61 Å². The second-order valence-corrected chi connectivity index (χ2v) is 8.11. The Morgan fingerprint density at radius 3 is 2.50 bits per heavy atom. The van der Waals surface area contributed by atoms with E-state index in [0.717, 1.165) is 23.5 Å². The van der Waals surface area contributed by atoms with Crippen LogP contribution in [0.1, 0.15) is 46.0 Å². The zero-order valence-electron chi connectivity index (χ0n) is 17.6. The highest BCUT2D eigenvalue weighted by Crippen LogP contribution is 2.20. The van der Waals surface area contributed by atoms with E-state index in [2.05, 4.69) is 26.5 Å². The van der Waals surface area contributed by atoms with Crippen LogP contribution in [0.4, 0.5) is 5.69 Å². The summed E-state index contributed by atoms with van der Waals surface area (Å²) in [5.74, 6) is -0.220. The summed E-state index contributed by atoms with van der Waals surface area (Å²) in [6.45, 7) is 7.87. The van der Waals surface area contributed by atoms with E-state index in [0.29, 0.717) is 17.0 Å². The van der Waals surface area contributed by atoms with Crippen LogP contribution in [0.5, 0.6) is 0 Å². The molecular weight excluding hydrogens is 398 g/mol. The molecule has 0 radical (unpaired) electrons. The van der Waals surface area contributed by atoms with Crippen LogP contribution in [0, 0.1) is 13.8 Å². The van der Waals surface area contributed by atoms with Crippen molar-refractivity contribution >= 4 is 34.4 Å². The highest BCUT2D eigenvalue weighted by Gasteiger charge is 2.16. The van der Waals surface area contributed by atoms with Gasteiger partial charge in [0.2, 0.25) is 11.7 Å². The van der Waals surface area contributed by atoms with Gasteiger partial charge >= 0.3 is 0 Å². The molecule has 7 heteroatoms. The number of aromatic nitrogens is 1. The molecule has 0 unspecified atom stereocenters. The first-order valence-corrected chi connectivity index (χ1v) is 10.5. The van der Waals surface area contributed by atoms with Gasteiger partial charge < -0.3 is 14.7 Å². The van der Waals surface area contributed by atoms with Crippen LogP contribution in [-0.2, 0) is 16.2 Å². The fourth-order valence-electron chi connectivity index (χ4n) is 3.20. The van der Waals surface area contributed by atoms with E-state index in [-0.39, 0.29) is 18.3 Å². The van der Waals surface area contributed by atoms with E-state index in [1.54, 1.807) is 23.5 Å². The van der Waals surface area contributed by atoms with Gasteiger partial charge in [0, 0.05) is 34.4 Å². The van der Waals surface area contributed by atoms with Crippen molar-refractivity contribution in [2.24, 2.45) is 5.16 Å². The molecule has 3 rings (SSSR count). The molecule has 156 valence electrons. The molecule has 0 bridgehead atoms. The summed E-state index contributed by atoms with van der Waals surface area (Å²) >= 11 is 1.70. The third-order valence-electron chi connectivity index (χ3n) is 4.79. The molecule has 0 aliphatic heterocycles. The second kappa shape index (κ2) is 9.54. The lowest BCUT2D eigenvalue weighted by Crippen LogP contribution is -2.10. The predicted molar refractivity (Wildman–Crippen MR) is 121 cm³/mol. The minimum atomic E-state index is -0.121. The lowest BCUT2D eigenvalue weighted by molar-refractivity contribution is -0.114. The largest absolute Gasteiger partial charge is 0.387 e. The minimum absolute atomic E-state index is 0.0990. The Hall–Kier alpha value is -3.19. The van der Waals surface area contributed by atoms with Crippen LogP contribution in [0.2, 0.25) is 0 Å². The Labute approximate surface area is 180 Å². The molecule has 6 nitrogen and oxygen atoms in total. The topological polar surface area (TPSA) is 72.7 Å². The summed E-state index contributed by atoms with van der Waals surface area (Å²) in [7, 11) is 0. The zero-order valence-corrected chi connectivity index (χ0v) is 18.4. The maximum absolute atomic E-state index is 12.7. The third-order valence-corrected chi connectivity index (χ3v) is 5.65.